The second-order valence-electron chi connectivity index (χ2n) is 9.68. The van der Waals surface area contributed by atoms with E-state index in [1.54, 1.807) is 0 Å². The van der Waals surface area contributed by atoms with E-state index in [0.29, 0.717) is 0 Å². The SMILES string of the molecule is CC1(C)OB(c2cccc3c2c2ccc4ccccc4c2n3-c2ccccc2)OC1(C)C. The van der Waals surface area contributed by atoms with Gasteiger partial charge in [-0.3, -0.25) is 0 Å². The molecule has 6 rings (SSSR count). The van der Waals surface area contributed by atoms with Crippen LogP contribution in [0.4, 0.5) is 0 Å². The van der Waals surface area contributed by atoms with E-state index in [9.17, 15) is 0 Å². The van der Waals surface area contributed by atoms with Gasteiger partial charge in [-0.05, 0) is 56.7 Å². The van der Waals surface area contributed by atoms with Crippen molar-refractivity contribution in [3.63, 3.8) is 0 Å². The molecule has 0 amide bonds. The largest absolute Gasteiger partial charge is 0.495 e. The fourth-order valence-corrected chi connectivity index (χ4v) is 4.87. The maximum absolute atomic E-state index is 6.48. The molecule has 4 aromatic carbocycles. The summed E-state index contributed by atoms with van der Waals surface area (Å²) in [5.41, 5.74) is 3.84. The van der Waals surface area contributed by atoms with Gasteiger partial charge < -0.3 is 13.9 Å². The van der Waals surface area contributed by atoms with Crippen LogP contribution < -0.4 is 5.46 Å². The molecule has 3 nitrogen and oxygen atoms in total. The smallest absolute Gasteiger partial charge is 0.399 e. The van der Waals surface area contributed by atoms with Crippen molar-refractivity contribution in [3.05, 3.63) is 84.9 Å². The number of benzene rings is 4. The zero-order chi connectivity index (χ0) is 22.1. The topological polar surface area (TPSA) is 23.4 Å². The average Bonchev–Trinajstić information content (AvgIpc) is 3.24. The van der Waals surface area contributed by atoms with Gasteiger partial charge in [0.05, 0.1) is 22.2 Å². The van der Waals surface area contributed by atoms with Crippen LogP contribution in [-0.4, -0.2) is 22.9 Å². The molecule has 32 heavy (non-hydrogen) atoms. The van der Waals surface area contributed by atoms with Crippen molar-refractivity contribution in [2.75, 3.05) is 0 Å². The molecule has 0 bridgehead atoms. The number of para-hydroxylation sites is 1. The first-order chi connectivity index (χ1) is 15.4. The van der Waals surface area contributed by atoms with Gasteiger partial charge in [-0.1, -0.05) is 66.7 Å². The summed E-state index contributed by atoms with van der Waals surface area (Å²) in [6.45, 7) is 8.42. The molecule has 0 saturated carbocycles. The van der Waals surface area contributed by atoms with Gasteiger partial charge in [-0.2, -0.15) is 0 Å². The predicted octanol–water partition coefficient (Wildman–Crippen LogP) is 6.24. The Balaban J connectivity index is 1.74. The van der Waals surface area contributed by atoms with E-state index in [4.69, 9.17) is 9.31 Å². The van der Waals surface area contributed by atoms with Crippen LogP contribution in [-0.2, 0) is 9.31 Å². The van der Waals surface area contributed by atoms with Crippen LogP contribution in [0.5, 0.6) is 0 Å². The van der Waals surface area contributed by atoms with Gasteiger partial charge in [-0.15, -0.1) is 0 Å². The van der Waals surface area contributed by atoms with E-state index in [2.05, 4.69) is 117 Å². The molecule has 1 fully saturated rings. The molecule has 1 saturated heterocycles. The fraction of sp³-hybridized carbons (Fsp3) is 0.214. The van der Waals surface area contributed by atoms with Crippen molar-refractivity contribution in [2.24, 2.45) is 0 Å². The Hall–Kier alpha value is -3.08. The number of hydrogen-bond donors (Lipinski definition) is 0. The van der Waals surface area contributed by atoms with Crippen LogP contribution in [0.3, 0.4) is 0 Å². The van der Waals surface area contributed by atoms with Crippen LogP contribution in [0.25, 0.3) is 38.3 Å². The second-order valence-corrected chi connectivity index (χ2v) is 9.68. The minimum atomic E-state index is -0.412. The van der Waals surface area contributed by atoms with Gasteiger partial charge in [0.25, 0.3) is 0 Å². The van der Waals surface area contributed by atoms with Gasteiger partial charge >= 0.3 is 7.12 Å². The molecule has 1 aliphatic rings. The number of fused-ring (bicyclic) bond motifs is 5. The van der Waals surface area contributed by atoms with Crippen molar-refractivity contribution in [3.8, 4) is 5.69 Å². The Kier molecular flexibility index (Phi) is 4.11. The van der Waals surface area contributed by atoms with Crippen LogP contribution in [0.15, 0.2) is 84.9 Å². The predicted molar refractivity (Wildman–Crippen MR) is 134 cm³/mol. The Morgan fingerprint density at radius 1 is 0.656 bits per heavy atom. The number of rotatable bonds is 2. The lowest BCUT2D eigenvalue weighted by atomic mass is 9.76. The minimum Gasteiger partial charge on any atom is -0.399 e. The van der Waals surface area contributed by atoms with Crippen LogP contribution in [0.2, 0.25) is 0 Å². The van der Waals surface area contributed by atoms with Crippen molar-refractivity contribution < 1.29 is 9.31 Å². The van der Waals surface area contributed by atoms with E-state index in [1.807, 2.05) is 0 Å². The van der Waals surface area contributed by atoms with E-state index in [-0.39, 0.29) is 11.2 Å². The summed E-state index contributed by atoms with van der Waals surface area (Å²) in [5.74, 6) is 0. The highest BCUT2D eigenvalue weighted by atomic mass is 16.7. The zero-order valence-electron chi connectivity index (χ0n) is 18.9. The number of hydrogen-bond acceptors (Lipinski definition) is 2. The summed E-state index contributed by atoms with van der Waals surface area (Å²) in [6, 6.07) is 30.1. The van der Waals surface area contributed by atoms with Crippen LogP contribution >= 0.6 is 0 Å². The summed E-state index contributed by atoms with van der Waals surface area (Å²) in [6.07, 6.45) is 0. The molecular formula is C28H26BNO2. The molecule has 5 aromatic rings. The molecule has 0 radical (unpaired) electrons. The molecule has 0 N–H and O–H groups in total. The quantitative estimate of drug-likeness (QED) is 0.317. The molecule has 2 heterocycles. The standard InChI is InChI=1S/C28H26BNO2/c1-27(2)28(3,4)32-29(31-27)23-15-10-16-24-25(23)22-18-17-19-11-8-9-14-21(19)26(22)30(24)20-12-6-5-7-13-20/h5-18H,1-4H3. The van der Waals surface area contributed by atoms with E-state index >= 15 is 0 Å². The minimum absolute atomic E-state index is 0.385. The first-order valence-corrected chi connectivity index (χ1v) is 11.2. The third-order valence-electron chi connectivity index (χ3n) is 7.23. The van der Waals surface area contributed by atoms with Crippen molar-refractivity contribution in [1.82, 2.24) is 4.57 Å². The Morgan fingerprint density at radius 3 is 2.09 bits per heavy atom. The van der Waals surface area contributed by atoms with Crippen LogP contribution in [0.1, 0.15) is 27.7 Å². The lowest BCUT2D eigenvalue weighted by molar-refractivity contribution is 0.00578. The summed E-state index contributed by atoms with van der Waals surface area (Å²) >= 11 is 0. The summed E-state index contributed by atoms with van der Waals surface area (Å²) in [5, 5.41) is 4.88. The fourth-order valence-electron chi connectivity index (χ4n) is 4.87. The Labute approximate surface area is 188 Å². The highest BCUT2D eigenvalue weighted by Gasteiger charge is 2.52. The van der Waals surface area contributed by atoms with Crippen molar-refractivity contribution >= 4 is 45.2 Å². The first kappa shape index (κ1) is 19.6. The van der Waals surface area contributed by atoms with Gasteiger partial charge in [0.1, 0.15) is 0 Å². The molecule has 1 aromatic heterocycles. The molecule has 4 heteroatoms. The molecule has 0 spiro atoms. The average molecular weight is 419 g/mol. The third kappa shape index (κ3) is 2.70. The summed E-state index contributed by atoms with van der Waals surface area (Å²) in [4.78, 5) is 0. The van der Waals surface area contributed by atoms with Gasteiger partial charge in [0.2, 0.25) is 0 Å². The maximum atomic E-state index is 6.48. The monoisotopic (exact) mass is 419 g/mol. The molecule has 0 unspecified atom stereocenters. The second kappa shape index (κ2) is 6.71. The first-order valence-electron chi connectivity index (χ1n) is 11.2. The van der Waals surface area contributed by atoms with Gasteiger partial charge in [0.15, 0.2) is 0 Å². The zero-order valence-corrected chi connectivity index (χ0v) is 18.9. The molecule has 1 aliphatic heterocycles. The lowest BCUT2D eigenvalue weighted by Gasteiger charge is -2.32. The van der Waals surface area contributed by atoms with Gasteiger partial charge in [-0.25, -0.2) is 0 Å². The van der Waals surface area contributed by atoms with Gasteiger partial charge in [0, 0.05) is 21.8 Å². The molecular weight excluding hydrogens is 393 g/mol. The molecule has 158 valence electrons. The number of aromatic nitrogens is 1. The number of nitrogens with zero attached hydrogens (tertiary/aromatic N) is 1. The lowest BCUT2D eigenvalue weighted by Crippen LogP contribution is -2.41. The summed E-state index contributed by atoms with van der Waals surface area (Å²) in [7, 11) is -0.412. The Morgan fingerprint density at radius 2 is 1.34 bits per heavy atom. The summed E-state index contributed by atoms with van der Waals surface area (Å²) < 4.78 is 15.3. The van der Waals surface area contributed by atoms with Crippen molar-refractivity contribution in [2.45, 2.75) is 38.9 Å². The normalized spacial score (nSPS) is 17.6. The maximum Gasteiger partial charge on any atom is 0.495 e. The van der Waals surface area contributed by atoms with Crippen molar-refractivity contribution in [1.29, 1.82) is 0 Å². The van der Waals surface area contributed by atoms with E-state index in [1.165, 1.54) is 27.1 Å². The third-order valence-corrected chi connectivity index (χ3v) is 7.23. The highest BCUT2D eigenvalue weighted by Crippen LogP contribution is 2.40. The Bertz CT molecular complexity index is 1470. The van der Waals surface area contributed by atoms with Crippen LogP contribution in [0, 0.1) is 0 Å². The van der Waals surface area contributed by atoms with E-state index in [0.717, 1.165) is 16.7 Å². The molecule has 0 aliphatic carbocycles. The van der Waals surface area contributed by atoms with E-state index < -0.39 is 7.12 Å². The highest BCUT2D eigenvalue weighted by molar-refractivity contribution is 6.66. The molecule has 0 atom stereocenters.